The first-order valence-corrected chi connectivity index (χ1v) is 9.04. The van der Waals surface area contributed by atoms with E-state index in [0.29, 0.717) is 5.41 Å². The van der Waals surface area contributed by atoms with E-state index in [-0.39, 0.29) is 0 Å². The molecule has 2 aliphatic carbocycles. The van der Waals surface area contributed by atoms with Crippen LogP contribution in [0.15, 0.2) is 0 Å². The van der Waals surface area contributed by atoms with E-state index in [9.17, 15) is 0 Å². The minimum atomic E-state index is 0.397. The molecule has 2 fully saturated rings. The number of ether oxygens (including phenoxy) is 1. The molecule has 3 nitrogen and oxygen atoms in total. The molecule has 0 heterocycles. The molecule has 2 saturated carbocycles. The molecule has 0 aromatic heterocycles. The smallest absolute Gasteiger partial charge is 0.0589 e. The van der Waals surface area contributed by atoms with Gasteiger partial charge in [0.1, 0.15) is 0 Å². The van der Waals surface area contributed by atoms with E-state index >= 15 is 0 Å². The van der Waals surface area contributed by atoms with E-state index in [2.05, 4.69) is 31.0 Å². The van der Waals surface area contributed by atoms with Gasteiger partial charge in [-0.15, -0.1) is 0 Å². The van der Waals surface area contributed by atoms with Crippen LogP contribution in [0.1, 0.15) is 59.3 Å². The minimum absolute atomic E-state index is 0.397. The summed E-state index contributed by atoms with van der Waals surface area (Å²) >= 11 is 0. The van der Waals surface area contributed by atoms with E-state index < -0.39 is 0 Å². The van der Waals surface area contributed by atoms with Gasteiger partial charge in [0.25, 0.3) is 0 Å². The summed E-state index contributed by atoms with van der Waals surface area (Å²) in [6, 6.07) is 1.53. The Kier molecular flexibility index (Phi) is 6.51. The predicted molar refractivity (Wildman–Crippen MR) is 89.7 cm³/mol. The molecule has 124 valence electrons. The fourth-order valence-corrected chi connectivity index (χ4v) is 3.51. The van der Waals surface area contributed by atoms with E-state index in [1.54, 1.807) is 0 Å². The lowest BCUT2D eigenvalue weighted by Crippen LogP contribution is -2.47. The van der Waals surface area contributed by atoms with Crippen LogP contribution in [0.3, 0.4) is 0 Å². The maximum Gasteiger partial charge on any atom is 0.0589 e. The summed E-state index contributed by atoms with van der Waals surface area (Å²) in [7, 11) is 1.82. The van der Waals surface area contributed by atoms with Crippen LogP contribution in [0.5, 0.6) is 0 Å². The number of hydrogen-bond donors (Lipinski definition) is 1. The SMILES string of the molecule is CCCC(C)(CNC1CC1)CN(CCOC)C(C)C1CC1. The average molecular weight is 296 g/mol. The molecule has 0 spiro atoms. The first-order chi connectivity index (χ1) is 10.1. The maximum atomic E-state index is 5.35. The summed E-state index contributed by atoms with van der Waals surface area (Å²) in [4.78, 5) is 2.70. The van der Waals surface area contributed by atoms with Crippen LogP contribution in [0, 0.1) is 11.3 Å². The largest absolute Gasteiger partial charge is 0.383 e. The summed E-state index contributed by atoms with van der Waals surface area (Å²) < 4.78 is 5.35. The van der Waals surface area contributed by atoms with Gasteiger partial charge >= 0.3 is 0 Å². The lowest BCUT2D eigenvalue weighted by atomic mass is 9.84. The summed E-state index contributed by atoms with van der Waals surface area (Å²) in [6.45, 7) is 11.5. The number of nitrogens with zero attached hydrogens (tertiary/aromatic N) is 1. The zero-order valence-electron chi connectivity index (χ0n) is 14.7. The highest BCUT2D eigenvalue weighted by Crippen LogP contribution is 2.37. The van der Waals surface area contributed by atoms with Crippen LogP contribution in [0.4, 0.5) is 0 Å². The van der Waals surface area contributed by atoms with Crippen LogP contribution in [0.25, 0.3) is 0 Å². The molecular weight excluding hydrogens is 260 g/mol. The van der Waals surface area contributed by atoms with Gasteiger partial charge in [-0.05, 0) is 50.4 Å². The Labute approximate surface area is 131 Å². The summed E-state index contributed by atoms with van der Waals surface area (Å²) in [5.41, 5.74) is 0.397. The van der Waals surface area contributed by atoms with E-state index in [4.69, 9.17) is 4.74 Å². The molecule has 2 rings (SSSR count). The fourth-order valence-electron chi connectivity index (χ4n) is 3.51. The molecule has 3 heteroatoms. The van der Waals surface area contributed by atoms with Crippen LogP contribution in [0.2, 0.25) is 0 Å². The van der Waals surface area contributed by atoms with Crippen molar-refractivity contribution < 1.29 is 4.74 Å². The minimum Gasteiger partial charge on any atom is -0.383 e. The van der Waals surface area contributed by atoms with Crippen LogP contribution >= 0.6 is 0 Å². The first-order valence-electron chi connectivity index (χ1n) is 9.04. The summed E-state index contributed by atoms with van der Waals surface area (Å²) in [5, 5.41) is 3.77. The Morgan fingerprint density at radius 3 is 2.52 bits per heavy atom. The van der Waals surface area contributed by atoms with Crippen LogP contribution in [-0.2, 0) is 4.74 Å². The van der Waals surface area contributed by atoms with E-state index in [0.717, 1.165) is 31.2 Å². The van der Waals surface area contributed by atoms with Crippen molar-refractivity contribution in [2.45, 2.75) is 71.4 Å². The Morgan fingerprint density at radius 2 is 2.00 bits per heavy atom. The second-order valence-corrected chi connectivity index (χ2v) is 7.76. The summed E-state index contributed by atoms with van der Waals surface area (Å²) in [6.07, 6.45) is 8.21. The van der Waals surface area contributed by atoms with Crippen molar-refractivity contribution >= 4 is 0 Å². The third kappa shape index (κ3) is 5.88. The highest BCUT2D eigenvalue weighted by Gasteiger charge is 2.36. The highest BCUT2D eigenvalue weighted by atomic mass is 16.5. The molecule has 21 heavy (non-hydrogen) atoms. The van der Waals surface area contributed by atoms with Gasteiger partial charge in [0.05, 0.1) is 6.61 Å². The third-order valence-electron chi connectivity index (χ3n) is 5.30. The molecular formula is C18H36N2O. The third-order valence-corrected chi connectivity index (χ3v) is 5.30. The van der Waals surface area contributed by atoms with Crippen molar-refractivity contribution in [2.24, 2.45) is 11.3 Å². The molecule has 0 amide bonds. The van der Waals surface area contributed by atoms with Gasteiger partial charge in [-0.2, -0.15) is 0 Å². The molecule has 1 N–H and O–H groups in total. The van der Waals surface area contributed by atoms with Gasteiger partial charge in [0.2, 0.25) is 0 Å². The Morgan fingerprint density at radius 1 is 1.29 bits per heavy atom. The Hall–Kier alpha value is -0.120. The second kappa shape index (κ2) is 7.94. The van der Waals surface area contributed by atoms with Crippen molar-refractivity contribution in [3.8, 4) is 0 Å². The molecule has 0 radical (unpaired) electrons. The van der Waals surface area contributed by atoms with Gasteiger partial charge in [-0.1, -0.05) is 20.3 Å². The monoisotopic (exact) mass is 296 g/mol. The standard InChI is InChI=1S/C18H36N2O/c1-5-10-18(3,13-19-17-8-9-17)14-20(11-12-21-4)15(2)16-6-7-16/h15-17,19H,5-14H2,1-4H3. The zero-order chi connectivity index (χ0) is 15.3. The van der Waals surface area contributed by atoms with Crippen molar-refractivity contribution in [1.82, 2.24) is 10.2 Å². The van der Waals surface area contributed by atoms with Crippen molar-refractivity contribution in [3.05, 3.63) is 0 Å². The van der Waals surface area contributed by atoms with E-state index in [1.807, 2.05) is 7.11 Å². The number of hydrogen-bond acceptors (Lipinski definition) is 3. The Bertz CT molecular complexity index is 302. The fraction of sp³-hybridized carbons (Fsp3) is 1.00. The molecule has 0 aromatic rings. The quantitative estimate of drug-likeness (QED) is 0.598. The summed E-state index contributed by atoms with van der Waals surface area (Å²) in [5.74, 6) is 0.934. The van der Waals surface area contributed by atoms with Crippen LogP contribution in [-0.4, -0.2) is 50.3 Å². The zero-order valence-corrected chi connectivity index (χ0v) is 14.7. The van der Waals surface area contributed by atoms with Gasteiger partial charge in [0, 0.05) is 38.8 Å². The van der Waals surface area contributed by atoms with Gasteiger partial charge in [-0.25, -0.2) is 0 Å². The average Bonchev–Trinajstić information content (AvgIpc) is 3.33. The van der Waals surface area contributed by atoms with Crippen molar-refractivity contribution in [1.29, 1.82) is 0 Å². The number of methoxy groups -OCH3 is 1. The molecule has 2 atom stereocenters. The molecule has 0 bridgehead atoms. The highest BCUT2D eigenvalue weighted by molar-refractivity contribution is 4.91. The van der Waals surface area contributed by atoms with Crippen molar-refractivity contribution in [3.63, 3.8) is 0 Å². The second-order valence-electron chi connectivity index (χ2n) is 7.76. The molecule has 2 unspecified atom stereocenters. The molecule has 0 saturated heterocycles. The number of nitrogens with one attached hydrogen (secondary N) is 1. The number of rotatable bonds is 12. The lowest BCUT2D eigenvalue weighted by molar-refractivity contribution is 0.0730. The van der Waals surface area contributed by atoms with Crippen LogP contribution < -0.4 is 5.32 Å². The van der Waals surface area contributed by atoms with Gasteiger partial charge in [0.15, 0.2) is 0 Å². The van der Waals surface area contributed by atoms with E-state index in [1.165, 1.54) is 51.6 Å². The topological polar surface area (TPSA) is 24.5 Å². The molecule has 0 aliphatic heterocycles. The lowest BCUT2D eigenvalue weighted by Gasteiger charge is -2.39. The van der Waals surface area contributed by atoms with Crippen molar-refractivity contribution in [2.75, 3.05) is 33.4 Å². The predicted octanol–water partition coefficient (Wildman–Crippen LogP) is 3.29. The van der Waals surface area contributed by atoms with Gasteiger partial charge in [-0.3, -0.25) is 4.90 Å². The molecule has 2 aliphatic rings. The normalized spacial score (nSPS) is 23.3. The molecule has 0 aromatic carbocycles. The first kappa shape index (κ1) is 17.2. The van der Waals surface area contributed by atoms with Gasteiger partial charge < -0.3 is 10.1 Å². The maximum absolute atomic E-state index is 5.35. The Balaban J connectivity index is 1.90.